The van der Waals surface area contributed by atoms with Crippen molar-refractivity contribution in [3.8, 4) is 0 Å². The fraction of sp³-hybridized carbons (Fsp3) is 0.188. The first-order valence-corrected chi connectivity index (χ1v) is 6.28. The monoisotopic (exact) mass is 253 g/mol. The van der Waals surface area contributed by atoms with E-state index in [4.69, 9.17) is 0 Å². The van der Waals surface area contributed by atoms with Gasteiger partial charge in [0.25, 0.3) is 5.91 Å². The number of hydrogen-bond acceptors (Lipinski definition) is 2. The molecule has 0 fully saturated rings. The van der Waals surface area contributed by atoms with Crippen molar-refractivity contribution in [2.24, 2.45) is 0 Å². The Morgan fingerprint density at radius 2 is 1.79 bits per heavy atom. The van der Waals surface area contributed by atoms with Gasteiger partial charge in [0.2, 0.25) is 0 Å². The molecule has 0 saturated carbocycles. The summed E-state index contributed by atoms with van der Waals surface area (Å²) in [7, 11) is 0. The quantitative estimate of drug-likeness (QED) is 0.863. The highest BCUT2D eigenvalue weighted by atomic mass is 16.3. The molecule has 2 N–H and O–H groups in total. The van der Waals surface area contributed by atoms with Gasteiger partial charge in [0.1, 0.15) is 0 Å². The maximum Gasteiger partial charge on any atom is 0.261 e. The van der Waals surface area contributed by atoms with Gasteiger partial charge in [-0.1, -0.05) is 48.0 Å². The molecule has 1 amide bonds. The van der Waals surface area contributed by atoms with Crippen molar-refractivity contribution >= 4 is 11.6 Å². The van der Waals surface area contributed by atoms with Crippen LogP contribution in [-0.2, 0) is 16.8 Å². The van der Waals surface area contributed by atoms with Crippen molar-refractivity contribution in [2.75, 3.05) is 5.32 Å². The average molecular weight is 253 g/mol. The highest BCUT2D eigenvalue weighted by molar-refractivity contribution is 6.05. The lowest BCUT2D eigenvalue weighted by molar-refractivity contribution is -0.133. The minimum atomic E-state index is -1.47. The van der Waals surface area contributed by atoms with E-state index in [0.29, 0.717) is 11.3 Å². The Labute approximate surface area is 111 Å². The first-order chi connectivity index (χ1) is 9.09. The number of carbonyl (C=O) groups is 1. The molecular weight excluding hydrogens is 238 g/mol. The molecule has 1 aliphatic rings. The normalized spacial score (nSPS) is 21.1. The van der Waals surface area contributed by atoms with E-state index in [2.05, 4.69) is 5.32 Å². The van der Waals surface area contributed by atoms with E-state index in [-0.39, 0.29) is 12.3 Å². The van der Waals surface area contributed by atoms with E-state index in [9.17, 15) is 9.90 Å². The molecule has 2 aromatic rings. The van der Waals surface area contributed by atoms with Gasteiger partial charge in [-0.25, -0.2) is 0 Å². The molecule has 0 aromatic heterocycles. The van der Waals surface area contributed by atoms with Crippen LogP contribution in [0.25, 0.3) is 0 Å². The van der Waals surface area contributed by atoms with Crippen LogP contribution in [0.2, 0.25) is 0 Å². The second kappa shape index (κ2) is 4.21. The SMILES string of the molecule is Cc1ccc(CC2(O)C(=O)Nc3ccccc32)cc1. The highest BCUT2D eigenvalue weighted by Crippen LogP contribution is 2.37. The second-order valence-electron chi connectivity index (χ2n) is 5.02. The minimum absolute atomic E-state index is 0.288. The molecule has 1 aliphatic heterocycles. The van der Waals surface area contributed by atoms with Gasteiger partial charge in [0.15, 0.2) is 5.60 Å². The number of fused-ring (bicyclic) bond motifs is 1. The topological polar surface area (TPSA) is 49.3 Å². The minimum Gasteiger partial charge on any atom is -0.375 e. The van der Waals surface area contributed by atoms with Gasteiger partial charge < -0.3 is 10.4 Å². The zero-order valence-corrected chi connectivity index (χ0v) is 10.7. The van der Waals surface area contributed by atoms with Crippen molar-refractivity contribution < 1.29 is 9.90 Å². The summed E-state index contributed by atoms with van der Waals surface area (Å²) < 4.78 is 0. The molecule has 96 valence electrons. The predicted molar refractivity (Wildman–Crippen MR) is 73.9 cm³/mol. The Balaban J connectivity index is 1.99. The van der Waals surface area contributed by atoms with Crippen LogP contribution >= 0.6 is 0 Å². The fourth-order valence-electron chi connectivity index (χ4n) is 2.48. The van der Waals surface area contributed by atoms with Crippen LogP contribution in [0.3, 0.4) is 0 Å². The van der Waals surface area contributed by atoms with E-state index < -0.39 is 5.60 Å². The Bertz CT molecular complexity index is 633. The van der Waals surface area contributed by atoms with Crippen molar-refractivity contribution in [2.45, 2.75) is 18.9 Å². The van der Waals surface area contributed by atoms with Crippen LogP contribution in [0.4, 0.5) is 5.69 Å². The van der Waals surface area contributed by atoms with Crippen LogP contribution in [-0.4, -0.2) is 11.0 Å². The zero-order valence-electron chi connectivity index (χ0n) is 10.7. The van der Waals surface area contributed by atoms with E-state index in [1.165, 1.54) is 0 Å². The largest absolute Gasteiger partial charge is 0.375 e. The molecule has 2 aromatic carbocycles. The lowest BCUT2D eigenvalue weighted by Gasteiger charge is -2.21. The average Bonchev–Trinajstić information content (AvgIpc) is 2.65. The van der Waals surface area contributed by atoms with Gasteiger partial charge in [-0.15, -0.1) is 0 Å². The van der Waals surface area contributed by atoms with Crippen molar-refractivity contribution in [1.29, 1.82) is 0 Å². The molecule has 1 unspecified atom stereocenters. The van der Waals surface area contributed by atoms with Crippen LogP contribution < -0.4 is 5.32 Å². The maximum absolute atomic E-state index is 12.1. The summed E-state index contributed by atoms with van der Waals surface area (Å²) in [5.41, 5.74) is 1.99. The second-order valence-corrected chi connectivity index (χ2v) is 5.02. The first-order valence-electron chi connectivity index (χ1n) is 6.28. The van der Waals surface area contributed by atoms with Crippen LogP contribution in [0, 0.1) is 6.92 Å². The maximum atomic E-state index is 12.1. The molecule has 0 bridgehead atoms. The number of aliphatic hydroxyl groups is 1. The molecule has 0 spiro atoms. The molecular formula is C16H15NO2. The summed E-state index contributed by atoms with van der Waals surface area (Å²) in [5.74, 6) is -0.353. The number of amides is 1. The van der Waals surface area contributed by atoms with Crippen LogP contribution in [0.5, 0.6) is 0 Å². The molecule has 0 radical (unpaired) electrons. The van der Waals surface area contributed by atoms with Gasteiger partial charge >= 0.3 is 0 Å². The van der Waals surface area contributed by atoms with E-state index >= 15 is 0 Å². The number of hydrogen-bond donors (Lipinski definition) is 2. The molecule has 3 rings (SSSR count). The fourth-order valence-corrected chi connectivity index (χ4v) is 2.48. The molecule has 1 heterocycles. The third-order valence-electron chi connectivity index (χ3n) is 3.58. The first kappa shape index (κ1) is 11.9. The smallest absolute Gasteiger partial charge is 0.261 e. The molecule has 19 heavy (non-hydrogen) atoms. The summed E-state index contributed by atoms with van der Waals surface area (Å²) in [6, 6.07) is 15.1. The molecule has 1 atom stereocenters. The number of nitrogens with one attached hydrogen (secondary N) is 1. The molecule has 3 heteroatoms. The van der Waals surface area contributed by atoms with Crippen molar-refractivity contribution in [1.82, 2.24) is 0 Å². The van der Waals surface area contributed by atoms with Gasteiger partial charge in [0, 0.05) is 17.7 Å². The summed E-state index contributed by atoms with van der Waals surface area (Å²) in [6.07, 6.45) is 0.288. The predicted octanol–water partition coefficient (Wildman–Crippen LogP) is 2.38. The van der Waals surface area contributed by atoms with E-state index in [1.807, 2.05) is 43.3 Å². The summed E-state index contributed by atoms with van der Waals surface area (Å²) in [6.45, 7) is 2.01. The van der Waals surface area contributed by atoms with Crippen molar-refractivity contribution in [3.63, 3.8) is 0 Å². The lowest BCUT2D eigenvalue weighted by atomic mass is 9.88. The van der Waals surface area contributed by atoms with Crippen molar-refractivity contribution in [3.05, 3.63) is 65.2 Å². The number of rotatable bonds is 2. The Hall–Kier alpha value is -2.13. The van der Waals surface area contributed by atoms with Gasteiger partial charge in [-0.2, -0.15) is 0 Å². The van der Waals surface area contributed by atoms with Crippen LogP contribution in [0.1, 0.15) is 16.7 Å². The molecule has 3 nitrogen and oxygen atoms in total. The standard InChI is InChI=1S/C16H15NO2/c1-11-6-8-12(9-7-11)10-16(19)13-4-2-3-5-14(13)17-15(16)18/h2-9,19H,10H2,1H3,(H,17,18). The molecule has 0 saturated heterocycles. The van der Waals surface area contributed by atoms with Gasteiger partial charge in [0.05, 0.1) is 0 Å². The summed E-state index contributed by atoms with van der Waals surface area (Å²) in [4.78, 5) is 12.1. The Morgan fingerprint density at radius 1 is 1.11 bits per heavy atom. The number of anilines is 1. The highest BCUT2D eigenvalue weighted by Gasteiger charge is 2.44. The summed E-state index contributed by atoms with van der Waals surface area (Å²) in [5, 5.41) is 13.5. The molecule has 0 aliphatic carbocycles. The Kier molecular flexibility index (Phi) is 2.64. The number of carbonyl (C=O) groups excluding carboxylic acids is 1. The zero-order chi connectivity index (χ0) is 13.5. The van der Waals surface area contributed by atoms with E-state index in [1.54, 1.807) is 12.1 Å². The third kappa shape index (κ3) is 1.92. The number of para-hydroxylation sites is 1. The Morgan fingerprint density at radius 3 is 2.53 bits per heavy atom. The van der Waals surface area contributed by atoms with E-state index in [0.717, 1.165) is 11.1 Å². The number of aryl methyl sites for hydroxylation is 1. The van der Waals surface area contributed by atoms with Gasteiger partial charge in [-0.3, -0.25) is 4.79 Å². The summed E-state index contributed by atoms with van der Waals surface area (Å²) >= 11 is 0. The number of benzene rings is 2. The third-order valence-corrected chi connectivity index (χ3v) is 3.58. The lowest BCUT2D eigenvalue weighted by Crippen LogP contribution is -2.36. The van der Waals surface area contributed by atoms with Crippen LogP contribution in [0.15, 0.2) is 48.5 Å². The van der Waals surface area contributed by atoms with Gasteiger partial charge in [-0.05, 0) is 18.6 Å².